The first-order chi connectivity index (χ1) is 15.2. The second-order valence-electron chi connectivity index (χ2n) is 7.24. The Labute approximate surface area is 182 Å². The Balaban J connectivity index is 1.76. The van der Waals surface area contributed by atoms with Crippen LogP contribution in [-0.4, -0.2) is 32.9 Å². The highest BCUT2D eigenvalue weighted by molar-refractivity contribution is 7.84. The number of amides is 2. The molecule has 4 rings (SSSR count). The molecule has 7 nitrogen and oxygen atoms in total. The Bertz CT molecular complexity index is 1400. The Morgan fingerprint density at radius 2 is 1.88 bits per heavy atom. The molecule has 1 aliphatic rings. The van der Waals surface area contributed by atoms with Gasteiger partial charge in [0.05, 0.1) is 23.8 Å². The normalized spacial score (nSPS) is 17.5. The van der Waals surface area contributed by atoms with E-state index in [4.69, 9.17) is 6.57 Å². The van der Waals surface area contributed by atoms with Gasteiger partial charge in [-0.2, -0.15) is 0 Å². The molecule has 0 spiro atoms. The number of carbonyl (C=O) groups excluding carboxylic acids is 1. The van der Waals surface area contributed by atoms with Crippen LogP contribution in [0, 0.1) is 24.0 Å². The average molecular weight is 460 g/mol. The summed E-state index contributed by atoms with van der Waals surface area (Å²) in [5, 5.41) is 2.58. The van der Waals surface area contributed by atoms with Gasteiger partial charge in [0.15, 0.2) is 11.6 Å². The maximum Gasteiger partial charge on any atom is 0.322 e. The molecule has 1 aliphatic heterocycles. The zero-order valence-corrected chi connectivity index (χ0v) is 17.4. The standard InChI is InChI=1S/C21H15F3N4O3S/c1-25-16-5-10(3-4-13(16)22)26-21(30)28(2)18-9-32(31)8-17-19(18)11-6-14(23)15(24)7-12(11)20(29)27-17/h3-7,18H,8-9H2,2H3,(H,26,30)(H,27,29). The number of halogens is 3. The maximum absolute atomic E-state index is 14.0. The van der Waals surface area contributed by atoms with Crippen LogP contribution in [0.4, 0.5) is 29.3 Å². The van der Waals surface area contributed by atoms with Crippen LogP contribution in [0.2, 0.25) is 0 Å². The van der Waals surface area contributed by atoms with E-state index in [0.29, 0.717) is 5.56 Å². The van der Waals surface area contributed by atoms with Crippen molar-refractivity contribution in [1.29, 1.82) is 0 Å². The fourth-order valence-corrected chi connectivity index (χ4v) is 5.11. The molecule has 0 fully saturated rings. The van der Waals surface area contributed by atoms with Crippen LogP contribution in [0.3, 0.4) is 0 Å². The molecule has 32 heavy (non-hydrogen) atoms. The van der Waals surface area contributed by atoms with Crippen LogP contribution < -0.4 is 10.9 Å². The van der Waals surface area contributed by atoms with Crippen LogP contribution in [-0.2, 0) is 16.6 Å². The average Bonchev–Trinajstić information content (AvgIpc) is 2.75. The van der Waals surface area contributed by atoms with Crippen molar-refractivity contribution in [3.63, 3.8) is 0 Å². The first kappa shape index (κ1) is 21.6. The monoisotopic (exact) mass is 460 g/mol. The van der Waals surface area contributed by atoms with Crippen molar-refractivity contribution in [1.82, 2.24) is 9.88 Å². The number of pyridine rings is 1. The highest BCUT2D eigenvalue weighted by Crippen LogP contribution is 2.35. The van der Waals surface area contributed by atoms with E-state index in [-0.39, 0.29) is 39.3 Å². The molecule has 2 aromatic carbocycles. The lowest BCUT2D eigenvalue weighted by Gasteiger charge is -2.33. The molecular formula is C21H15F3N4O3S. The number of aromatic nitrogens is 1. The zero-order valence-electron chi connectivity index (χ0n) is 16.5. The van der Waals surface area contributed by atoms with E-state index in [2.05, 4.69) is 15.1 Å². The number of aromatic amines is 1. The van der Waals surface area contributed by atoms with E-state index in [1.807, 2.05) is 0 Å². The van der Waals surface area contributed by atoms with Crippen molar-refractivity contribution in [2.45, 2.75) is 11.8 Å². The number of nitrogens with one attached hydrogen (secondary N) is 2. The molecular weight excluding hydrogens is 445 g/mol. The number of benzene rings is 2. The molecule has 3 aromatic rings. The first-order valence-corrected chi connectivity index (χ1v) is 10.8. The van der Waals surface area contributed by atoms with Crippen molar-refractivity contribution in [2.24, 2.45) is 0 Å². The number of hydrogen-bond acceptors (Lipinski definition) is 3. The molecule has 0 radical (unpaired) electrons. The smallest absolute Gasteiger partial charge is 0.322 e. The SMILES string of the molecule is [C-]#[N+]c1cc(NC(=O)N(C)C2CS(=O)Cc3[nH]c(=O)c4cc(F)c(F)cc4c32)ccc1F. The second-order valence-corrected chi connectivity index (χ2v) is 8.75. The molecule has 2 atom stereocenters. The number of nitrogens with zero attached hydrogens (tertiary/aromatic N) is 2. The summed E-state index contributed by atoms with van der Waals surface area (Å²) in [6.07, 6.45) is 0. The van der Waals surface area contributed by atoms with Gasteiger partial charge >= 0.3 is 6.03 Å². The van der Waals surface area contributed by atoms with Crippen LogP contribution in [0.15, 0.2) is 35.1 Å². The van der Waals surface area contributed by atoms with Crippen LogP contribution in [0.1, 0.15) is 17.3 Å². The number of fused-ring (bicyclic) bond motifs is 3. The van der Waals surface area contributed by atoms with Gasteiger partial charge in [0.25, 0.3) is 5.56 Å². The van der Waals surface area contributed by atoms with Crippen molar-refractivity contribution >= 4 is 39.0 Å². The largest absolute Gasteiger partial charge is 0.324 e. The summed E-state index contributed by atoms with van der Waals surface area (Å²) < 4.78 is 53.7. The lowest BCUT2D eigenvalue weighted by Crippen LogP contribution is -2.40. The lowest BCUT2D eigenvalue weighted by molar-refractivity contribution is 0.209. The number of hydrogen-bond donors (Lipinski definition) is 2. The molecule has 164 valence electrons. The fraction of sp³-hybridized carbons (Fsp3) is 0.190. The van der Waals surface area contributed by atoms with E-state index in [9.17, 15) is 27.0 Å². The summed E-state index contributed by atoms with van der Waals surface area (Å²) in [5.74, 6) is -3.06. The molecule has 2 amide bonds. The van der Waals surface area contributed by atoms with E-state index >= 15 is 0 Å². The third-order valence-corrected chi connectivity index (χ3v) is 6.57. The topological polar surface area (TPSA) is 86.6 Å². The zero-order chi connectivity index (χ0) is 23.2. The van der Waals surface area contributed by atoms with Gasteiger partial charge in [0.2, 0.25) is 5.69 Å². The highest BCUT2D eigenvalue weighted by atomic mass is 32.2. The van der Waals surface area contributed by atoms with Gasteiger partial charge in [-0.25, -0.2) is 22.8 Å². The van der Waals surface area contributed by atoms with Gasteiger partial charge in [-0.3, -0.25) is 9.00 Å². The maximum atomic E-state index is 14.0. The minimum Gasteiger partial charge on any atom is -0.324 e. The molecule has 0 aliphatic carbocycles. The third-order valence-electron chi connectivity index (χ3n) is 5.27. The van der Waals surface area contributed by atoms with Gasteiger partial charge in [-0.1, -0.05) is 0 Å². The quantitative estimate of drug-likeness (QED) is 0.568. The Kier molecular flexibility index (Phi) is 5.48. The van der Waals surface area contributed by atoms with Crippen LogP contribution in [0.5, 0.6) is 0 Å². The number of rotatable bonds is 2. The minimum absolute atomic E-state index is 0.00219. The predicted octanol–water partition coefficient (Wildman–Crippen LogP) is 3.96. The Hall–Kier alpha value is -3.65. The Morgan fingerprint density at radius 1 is 1.19 bits per heavy atom. The summed E-state index contributed by atoms with van der Waals surface area (Å²) in [4.78, 5) is 32.1. The fourth-order valence-electron chi connectivity index (χ4n) is 3.70. The molecule has 2 heterocycles. The molecule has 2 unspecified atom stereocenters. The minimum atomic E-state index is -1.43. The van der Waals surface area contributed by atoms with Gasteiger partial charge in [0, 0.05) is 40.5 Å². The molecule has 2 N–H and O–H groups in total. The number of urea groups is 1. The van der Waals surface area contributed by atoms with Gasteiger partial charge < -0.3 is 15.2 Å². The highest BCUT2D eigenvalue weighted by Gasteiger charge is 2.33. The molecule has 1 aromatic heterocycles. The predicted molar refractivity (Wildman–Crippen MR) is 113 cm³/mol. The summed E-state index contributed by atoms with van der Waals surface area (Å²) in [6, 6.07) is 3.70. The molecule has 0 saturated heterocycles. The second kappa shape index (κ2) is 8.12. The van der Waals surface area contributed by atoms with E-state index < -0.39 is 45.9 Å². The van der Waals surface area contributed by atoms with Crippen molar-refractivity contribution in [3.05, 3.63) is 80.8 Å². The molecule has 11 heteroatoms. The Morgan fingerprint density at radius 3 is 2.56 bits per heavy atom. The van der Waals surface area contributed by atoms with Crippen LogP contribution in [0.25, 0.3) is 15.6 Å². The molecule has 0 saturated carbocycles. The van der Waals surface area contributed by atoms with Gasteiger partial charge in [-0.05, 0) is 35.7 Å². The summed E-state index contributed by atoms with van der Waals surface area (Å²) >= 11 is 0. The third kappa shape index (κ3) is 3.73. The number of anilines is 1. The van der Waals surface area contributed by atoms with Gasteiger partial charge in [0.1, 0.15) is 5.82 Å². The van der Waals surface area contributed by atoms with Crippen LogP contribution >= 0.6 is 0 Å². The first-order valence-electron chi connectivity index (χ1n) is 9.29. The van der Waals surface area contributed by atoms with E-state index in [1.165, 1.54) is 24.1 Å². The summed E-state index contributed by atoms with van der Waals surface area (Å²) in [6.45, 7) is 6.98. The van der Waals surface area contributed by atoms with Crippen molar-refractivity contribution in [2.75, 3.05) is 18.1 Å². The van der Waals surface area contributed by atoms with E-state index in [0.717, 1.165) is 18.2 Å². The van der Waals surface area contributed by atoms with Gasteiger partial charge in [-0.15, -0.1) is 0 Å². The number of carbonyl (C=O) groups is 1. The lowest BCUT2D eigenvalue weighted by atomic mass is 9.97. The van der Waals surface area contributed by atoms with Crippen molar-refractivity contribution in [3.8, 4) is 0 Å². The number of H-pyrrole nitrogens is 1. The summed E-state index contributed by atoms with van der Waals surface area (Å²) in [5.41, 5.74) is -0.0987. The van der Waals surface area contributed by atoms with Crippen molar-refractivity contribution < 1.29 is 22.2 Å². The molecule has 0 bridgehead atoms. The summed E-state index contributed by atoms with van der Waals surface area (Å²) in [7, 11) is -0.0143. The van der Waals surface area contributed by atoms with E-state index in [1.54, 1.807) is 0 Å².